The topological polar surface area (TPSA) is 45.2 Å². The van der Waals surface area contributed by atoms with Crippen LogP contribution >= 0.6 is 11.3 Å². The number of hydrogen-bond acceptors (Lipinski definition) is 4. The lowest BCUT2D eigenvalue weighted by atomic mass is 10.1. The lowest BCUT2D eigenvalue weighted by Gasteiger charge is -2.27. The van der Waals surface area contributed by atoms with E-state index in [1.165, 1.54) is 10.4 Å². The molecule has 3 rings (SSSR count). The first-order valence-electron chi connectivity index (χ1n) is 6.68. The van der Waals surface area contributed by atoms with E-state index in [9.17, 15) is 4.79 Å². The molecule has 104 valence electrons. The van der Waals surface area contributed by atoms with Gasteiger partial charge in [-0.2, -0.15) is 0 Å². The van der Waals surface area contributed by atoms with Crippen molar-refractivity contribution in [3.8, 4) is 0 Å². The fourth-order valence-corrected chi connectivity index (χ4v) is 3.42. The van der Waals surface area contributed by atoms with Crippen LogP contribution in [0.5, 0.6) is 0 Å². The van der Waals surface area contributed by atoms with Crippen molar-refractivity contribution >= 4 is 22.9 Å². The van der Waals surface area contributed by atoms with Crippen molar-refractivity contribution in [2.24, 2.45) is 0 Å². The van der Waals surface area contributed by atoms with Gasteiger partial charge in [-0.3, -0.25) is 9.78 Å². The van der Waals surface area contributed by atoms with Crippen molar-refractivity contribution < 1.29 is 4.79 Å². The molecule has 3 heterocycles. The van der Waals surface area contributed by atoms with Crippen molar-refractivity contribution in [1.82, 2.24) is 9.88 Å². The maximum Gasteiger partial charge on any atom is 0.257 e. The number of rotatable bonds is 2. The van der Waals surface area contributed by atoms with Gasteiger partial charge in [-0.05, 0) is 36.4 Å². The smallest absolute Gasteiger partial charge is 0.257 e. The Hall–Kier alpha value is -1.88. The average molecular weight is 287 g/mol. The quantitative estimate of drug-likeness (QED) is 0.923. The van der Waals surface area contributed by atoms with E-state index in [-0.39, 0.29) is 5.91 Å². The lowest BCUT2D eigenvalue weighted by Crippen LogP contribution is -2.35. The Morgan fingerprint density at radius 1 is 1.50 bits per heavy atom. The molecule has 0 atom stereocenters. The average Bonchev–Trinajstić information content (AvgIpc) is 2.93. The Bertz CT molecular complexity index is 650. The van der Waals surface area contributed by atoms with Crippen LogP contribution in [-0.2, 0) is 13.0 Å². The zero-order valence-electron chi connectivity index (χ0n) is 11.6. The van der Waals surface area contributed by atoms with Crippen LogP contribution in [0.25, 0.3) is 0 Å². The van der Waals surface area contributed by atoms with Crippen molar-refractivity contribution in [3.63, 3.8) is 0 Å². The van der Waals surface area contributed by atoms with Gasteiger partial charge in [0.05, 0.1) is 11.3 Å². The second kappa shape index (κ2) is 5.25. The third-order valence-corrected chi connectivity index (χ3v) is 4.66. The summed E-state index contributed by atoms with van der Waals surface area (Å²) in [5.41, 5.74) is 3.68. The summed E-state index contributed by atoms with van der Waals surface area (Å²) in [6.45, 7) is 3.41. The molecule has 0 saturated heterocycles. The number of amides is 1. The normalized spacial score (nSPS) is 14.0. The van der Waals surface area contributed by atoms with Crippen LogP contribution in [0.15, 0.2) is 23.7 Å². The summed E-state index contributed by atoms with van der Waals surface area (Å²) in [6, 6.07) is 4.03. The highest BCUT2D eigenvalue weighted by Crippen LogP contribution is 2.26. The van der Waals surface area contributed by atoms with Crippen LogP contribution in [0.1, 0.15) is 26.5 Å². The van der Waals surface area contributed by atoms with E-state index < -0.39 is 0 Å². The van der Waals surface area contributed by atoms with Crippen molar-refractivity contribution in [2.75, 3.05) is 18.9 Å². The number of anilines is 1. The van der Waals surface area contributed by atoms with Gasteiger partial charge in [0, 0.05) is 36.9 Å². The first kappa shape index (κ1) is 13.1. The molecule has 0 spiro atoms. The van der Waals surface area contributed by atoms with Crippen molar-refractivity contribution in [2.45, 2.75) is 19.9 Å². The Labute approximate surface area is 122 Å². The molecule has 0 bridgehead atoms. The van der Waals surface area contributed by atoms with E-state index in [1.54, 1.807) is 17.5 Å². The molecule has 0 aliphatic carbocycles. The molecule has 0 radical (unpaired) electrons. The Morgan fingerprint density at radius 2 is 2.35 bits per heavy atom. The summed E-state index contributed by atoms with van der Waals surface area (Å²) in [5.74, 6) is 0.0544. The number of fused-ring (bicyclic) bond motifs is 1. The Kier molecular flexibility index (Phi) is 3.44. The van der Waals surface area contributed by atoms with Gasteiger partial charge < -0.3 is 10.2 Å². The first-order chi connectivity index (χ1) is 9.69. The first-order valence-corrected chi connectivity index (χ1v) is 7.56. The lowest BCUT2D eigenvalue weighted by molar-refractivity contribution is 0.0736. The van der Waals surface area contributed by atoms with E-state index in [2.05, 4.69) is 21.7 Å². The fourth-order valence-electron chi connectivity index (χ4n) is 2.53. The third-order valence-electron chi connectivity index (χ3n) is 3.64. The predicted molar refractivity (Wildman–Crippen MR) is 81.3 cm³/mol. The minimum absolute atomic E-state index is 0.0544. The Morgan fingerprint density at radius 3 is 3.15 bits per heavy atom. The number of nitrogens with one attached hydrogen (secondary N) is 1. The minimum Gasteiger partial charge on any atom is -0.387 e. The van der Waals surface area contributed by atoms with Gasteiger partial charge >= 0.3 is 0 Å². The van der Waals surface area contributed by atoms with E-state index >= 15 is 0 Å². The molecule has 0 aromatic carbocycles. The van der Waals surface area contributed by atoms with Gasteiger partial charge in [-0.1, -0.05) is 0 Å². The number of thiophene rings is 1. The molecule has 1 aliphatic heterocycles. The van der Waals surface area contributed by atoms with Crippen molar-refractivity contribution in [1.29, 1.82) is 0 Å². The van der Waals surface area contributed by atoms with Crippen LogP contribution in [-0.4, -0.2) is 29.4 Å². The van der Waals surface area contributed by atoms with E-state index in [0.717, 1.165) is 24.3 Å². The maximum atomic E-state index is 12.7. The number of carbonyl (C=O) groups is 1. The van der Waals surface area contributed by atoms with Gasteiger partial charge in [0.1, 0.15) is 0 Å². The number of nitrogens with zero attached hydrogens (tertiary/aromatic N) is 2. The standard InChI is InChI=1S/C15H17N3OS/c1-10-7-13(16-2)12(8-17-10)15(19)18-5-3-14-11(9-18)4-6-20-14/h4,6-8H,3,5,9H2,1-2H3,(H,16,17). The minimum atomic E-state index is 0.0544. The molecular formula is C15H17N3OS. The summed E-state index contributed by atoms with van der Waals surface area (Å²) in [5, 5.41) is 5.19. The van der Waals surface area contributed by atoms with Crippen LogP contribution in [0.2, 0.25) is 0 Å². The number of hydrogen-bond donors (Lipinski definition) is 1. The zero-order chi connectivity index (χ0) is 14.1. The van der Waals surface area contributed by atoms with Crippen LogP contribution in [0.4, 0.5) is 5.69 Å². The fraction of sp³-hybridized carbons (Fsp3) is 0.333. The highest BCUT2D eigenvalue weighted by atomic mass is 32.1. The Balaban J connectivity index is 1.87. The van der Waals surface area contributed by atoms with Gasteiger partial charge in [0.15, 0.2) is 0 Å². The molecule has 1 N–H and O–H groups in total. The van der Waals surface area contributed by atoms with Crippen LogP contribution < -0.4 is 5.32 Å². The number of carbonyl (C=O) groups excluding carboxylic acids is 1. The largest absolute Gasteiger partial charge is 0.387 e. The molecule has 0 unspecified atom stereocenters. The molecule has 1 aliphatic rings. The monoisotopic (exact) mass is 287 g/mol. The SMILES string of the molecule is CNc1cc(C)ncc1C(=O)N1CCc2sccc2C1. The highest BCUT2D eigenvalue weighted by Gasteiger charge is 2.24. The van der Waals surface area contributed by atoms with Crippen molar-refractivity contribution in [3.05, 3.63) is 45.4 Å². The second-order valence-electron chi connectivity index (χ2n) is 4.97. The summed E-state index contributed by atoms with van der Waals surface area (Å²) >= 11 is 1.78. The summed E-state index contributed by atoms with van der Waals surface area (Å²) in [7, 11) is 1.83. The molecule has 2 aromatic heterocycles. The maximum absolute atomic E-state index is 12.7. The van der Waals surface area contributed by atoms with E-state index in [4.69, 9.17) is 0 Å². The number of aryl methyl sites for hydroxylation is 1. The van der Waals surface area contributed by atoms with E-state index in [1.807, 2.05) is 24.9 Å². The van der Waals surface area contributed by atoms with Crippen LogP contribution in [0, 0.1) is 6.92 Å². The highest BCUT2D eigenvalue weighted by molar-refractivity contribution is 7.10. The number of pyridine rings is 1. The summed E-state index contributed by atoms with van der Waals surface area (Å²) < 4.78 is 0. The van der Waals surface area contributed by atoms with E-state index in [0.29, 0.717) is 12.1 Å². The molecule has 0 fully saturated rings. The molecule has 2 aromatic rings. The van der Waals surface area contributed by atoms with Gasteiger partial charge in [0.2, 0.25) is 0 Å². The number of aromatic nitrogens is 1. The van der Waals surface area contributed by atoms with Gasteiger partial charge in [0.25, 0.3) is 5.91 Å². The molecule has 4 nitrogen and oxygen atoms in total. The molecular weight excluding hydrogens is 270 g/mol. The summed E-state index contributed by atoms with van der Waals surface area (Å²) in [4.78, 5) is 20.2. The van der Waals surface area contributed by atoms with Gasteiger partial charge in [-0.25, -0.2) is 0 Å². The predicted octanol–water partition coefficient (Wildman–Crippen LogP) is 2.69. The molecule has 1 amide bonds. The third kappa shape index (κ3) is 2.29. The molecule has 5 heteroatoms. The van der Waals surface area contributed by atoms with Gasteiger partial charge in [-0.15, -0.1) is 11.3 Å². The second-order valence-corrected chi connectivity index (χ2v) is 5.97. The molecule has 20 heavy (non-hydrogen) atoms. The summed E-state index contributed by atoms with van der Waals surface area (Å²) in [6.07, 6.45) is 2.62. The molecule has 0 saturated carbocycles. The zero-order valence-corrected chi connectivity index (χ0v) is 12.5. The van der Waals surface area contributed by atoms with Crippen LogP contribution in [0.3, 0.4) is 0 Å².